The number of benzene rings is 1. The average molecular weight is 552 g/mol. The summed E-state index contributed by atoms with van der Waals surface area (Å²) < 4.78 is 5.38. The molecule has 1 saturated heterocycles. The first-order valence-corrected chi connectivity index (χ1v) is 14.5. The SMILES string of the molecule is CCCCCCCCCCCCOC(=O)CC1C(=O)NCCN1C(=S)NC(=O)CCc1ccccc1Cl. The summed E-state index contributed by atoms with van der Waals surface area (Å²) in [5, 5.41) is 6.22. The van der Waals surface area contributed by atoms with Crippen LogP contribution in [0.4, 0.5) is 0 Å². The van der Waals surface area contributed by atoms with Gasteiger partial charge in [-0.2, -0.15) is 0 Å². The molecular weight excluding hydrogens is 510 g/mol. The lowest BCUT2D eigenvalue weighted by Crippen LogP contribution is -2.60. The van der Waals surface area contributed by atoms with E-state index in [0.29, 0.717) is 31.1 Å². The van der Waals surface area contributed by atoms with Crippen molar-refractivity contribution in [3.05, 3.63) is 34.9 Å². The van der Waals surface area contributed by atoms with Crippen molar-refractivity contribution in [1.29, 1.82) is 0 Å². The summed E-state index contributed by atoms with van der Waals surface area (Å²) in [6, 6.07) is 6.57. The minimum absolute atomic E-state index is 0.112. The molecular formula is C28H42ClN3O4S. The predicted molar refractivity (Wildman–Crippen MR) is 151 cm³/mol. The summed E-state index contributed by atoms with van der Waals surface area (Å²) in [5.74, 6) is -0.996. The molecule has 1 aliphatic heterocycles. The second kappa shape index (κ2) is 18.1. The van der Waals surface area contributed by atoms with E-state index in [1.807, 2.05) is 18.2 Å². The van der Waals surface area contributed by atoms with Crippen LogP contribution < -0.4 is 10.6 Å². The number of carbonyl (C=O) groups is 3. The third-order valence-electron chi connectivity index (χ3n) is 6.54. The van der Waals surface area contributed by atoms with Gasteiger partial charge in [0.15, 0.2) is 5.11 Å². The number of unbranched alkanes of at least 4 members (excludes halogenated alkanes) is 9. The highest BCUT2D eigenvalue weighted by Gasteiger charge is 2.34. The Bertz CT molecular complexity index is 883. The van der Waals surface area contributed by atoms with Crippen LogP contribution in [-0.2, 0) is 25.5 Å². The first-order chi connectivity index (χ1) is 17.9. The number of ether oxygens (including phenoxy) is 1. The Morgan fingerprint density at radius 2 is 1.73 bits per heavy atom. The molecule has 1 atom stereocenters. The number of nitrogens with zero attached hydrogens (tertiary/aromatic N) is 1. The third-order valence-corrected chi connectivity index (χ3v) is 7.24. The largest absolute Gasteiger partial charge is 0.466 e. The van der Waals surface area contributed by atoms with Gasteiger partial charge in [-0.25, -0.2) is 0 Å². The smallest absolute Gasteiger partial charge is 0.308 e. The molecule has 2 rings (SSSR count). The van der Waals surface area contributed by atoms with Crippen LogP contribution in [0.2, 0.25) is 5.02 Å². The van der Waals surface area contributed by atoms with Gasteiger partial charge in [0.05, 0.1) is 13.0 Å². The van der Waals surface area contributed by atoms with Gasteiger partial charge in [0.1, 0.15) is 6.04 Å². The Morgan fingerprint density at radius 1 is 1.08 bits per heavy atom. The predicted octanol–water partition coefficient (Wildman–Crippen LogP) is 5.33. The standard InChI is InChI=1S/C28H42ClN3O4S/c1-2-3-4-5-6-7-8-9-10-13-20-36-26(34)21-24-27(35)30-18-19-32(24)28(37)31-25(33)17-16-22-14-11-12-15-23(22)29/h11-12,14-15,24H,2-10,13,16-21H2,1H3,(H,30,35)(H,31,33,37). The number of amides is 2. The van der Waals surface area contributed by atoms with Crippen molar-refractivity contribution in [3.63, 3.8) is 0 Å². The number of nitrogens with one attached hydrogen (secondary N) is 2. The second-order valence-electron chi connectivity index (χ2n) is 9.55. The molecule has 0 radical (unpaired) electrons. The summed E-state index contributed by atoms with van der Waals surface area (Å²) in [5.41, 5.74) is 0.880. The first kappa shape index (κ1) is 31.0. The number of esters is 1. The molecule has 7 nitrogen and oxygen atoms in total. The minimum atomic E-state index is -0.801. The van der Waals surface area contributed by atoms with Gasteiger partial charge in [-0.15, -0.1) is 0 Å². The van der Waals surface area contributed by atoms with Crippen LogP contribution in [0, 0.1) is 0 Å². The second-order valence-corrected chi connectivity index (χ2v) is 10.3. The van der Waals surface area contributed by atoms with E-state index in [0.717, 1.165) is 24.8 Å². The molecule has 1 aliphatic rings. The molecule has 0 aromatic heterocycles. The summed E-state index contributed by atoms with van der Waals surface area (Å²) in [7, 11) is 0. The molecule has 2 N–H and O–H groups in total. The number of rotatable bonds is 16. The fraction of sp³-hybridized carbons (Fsp3) is 0.643. The zero-order valence-corrected chi connectivity index (χ0v) is 23.6. The van der Waals surface area contributed by atoms with Crippen LogP contribution >= 0.6 is 23.8 Å². The average Bonchev–Trinajstić information content (AvgIpc) is 2.88. The summed E-state index contributed by atoms with van der Waals surface area (Å²) in [6.07, 6.45) is 12.6. The van der Waals surface area contributed by atoms with Crippen molar-refractivity contribution in [1.82, 2.24) is 15.5 Å². The molecule has 37 heavy (non-hydrogen) atoms. The minimum Gasteiger partial charge on any atom is -0.466 e. The van der Waals surface area contributed by atoms with Crippen molar-refractivity contribution < 1.29 is 19.1 Å². The Balaban J connectivity index is 1.67. The zero-order valence-electron chi connectivity index (χ0n) is 22.1. The van der Waals surface area contributed by atoms with E-state index in [1.54, 1.807) is 11.0 Å². The molecule has 0 bridgehead atoms. The third kappa shape index (κ3) is 12.3. The maximum atomic E-state index is 12.5. The molecule has 0 saturated carbocycles. The highest BCUT2D eigenvalue weighted by Crippen LogP contribution is 2.17. The maximum absolute atomic E-state index is 12.5. The van der Waals surface area contributed by atoms with Crippen LogP contribution in [0.5, 0.6) is 0 Å². The molecule has 1 heterocycles. The lowest BCUT2D eigenvalue weighted by atomic mass is 10.1. The van der Waals surface area contributed by atoms with Gasteiger partial charge in [-0.3, -0.25) is 14.4 Å². The van der Waals surface area contributed by atoms with Crippen LogP contribution in [0.15, 0.2) is 24.3 Å². The molecule has 9 heteroatoms. The van der Waals surface area contributed by atoms with Crippen molar-refractivity contribution in [2.45, 2.75) is 96.4 Å². The summed E-state index contributed by atoms with van der Waals surface area (Å²) in [4.78, 5) is 39.0. The lowest BCUT2D eigenvalue weighted by molar-refractivity contribution is -0.147. The van der Waals surface area contributed by atoms with E-state index < -0.39 is 12.0 Å². The van der Waals surface area contributed by atoms with Gasteiger partial charge < -0.3 is 20.3 Å². The van der Waals surface area contributed by atoms with Gasteiger partial charge in [-0.05, 0) is 36.7 Å². The lowest BCUT2D eigenvalue weighted by Gasteiger charge is -2.36. The van der Waals surface area contributed by atoms with Gasteiger partial charge in [-0.1, -0.05) is 94.5 Å². The van der Waals surface area contributed by atoms with Gasteiger partial charge >= 0.3 is 5.97 Å². The van der Waals surface area contributed by atoms with E-state index >= 15 is 0 Å². The van der Waals surface area contributed by atoms with E-state index in [2.05, 4.69) is 17.6 Å². The van der Waals surface area contributed by atoms with Crippen molar-refractivity contribution in [2.75, 3.05) is 19.7 Å². The molecule has 2 amide bonds. The molecule has 1 aromatic rings. The van der Waals surface area contributed by atoms with Gasteiger partial charge in [0.2, 0.25) is 11.8 Å². The van der Waals surface area contributed by atoms with Crippen LogP contribution in [0.1, 0.15) is 89.5 Å². The molecule has 206 valence electrons. The normalized spacial score (nSPS) is 15.2. The van der Waals surface area contributed by atoms with Crippen LogP contribution in [0.25, 0.3) is 0 Å². The number of piperazine rings is 1. The highest BCUT2D eigenvalue weighted by molar-refractivity contribution is 7.80. The molecule has 0 aliphatic carbocycles. The van der Waals surface area contributed by atoms with E-state index in [1.165, 1.54) is 44.9 Å². The number of hydrogen-bond acceptors (Lipinski definition) is 5. The topological polar surface area (TPSA) is 87.7 Å². The Kier molecular flexibility index (Phi) is 15.2. The van der Waals surface area contributed by atoms with Crippen LogP contribution in [0.3, 0.4) is 0 Å². The number of hydrogen-bond donors (Lipinski definition) is 2. The Labute approximate surface area is 232 Å². The number of aryl methyl sites for hydroxylation is 1. The number of carbonyl (C=O) groups excluding carboxylic acids is 3. The van der Waals surface area contributed by atoms with Gasteiger partial charge in [0.25, 0.3) is 0 Å². The van der Waals surface area contributed by atoms with E-state index in [-0.39, 0.29) is 29.8 Å². The van der Waals surface area contributed by atoms with E-state index in [9.17, 15) is 14.4 Å². The summed E-state index contributed by atoms with van der Waals surface area (Å²) >= 11 is 11.6. The van der Waals surface area contributed by atoms with Gasteiger partial charge in [0, 0.05) is 24.5 Å². The number of halogens is 1. The van der Waals surface area contributed by atoms with Crippen molar-refractivity contribution in [3.8, 4) is 0 Å². The Hall–Kier alpha value is -2.19. The highest BCUT2D eigenvalue weighted by atomic mass is 35.5. The quantitative estimate of drug-likeness (QED) is 0.164. The van der Waals surface area contributed by atoms with Crippen LogP contribution in [-0.4, -0.2) is 53.5 Å². The monoisotopic (exact) mass is 551 g/mol. The molecule has 1 fully saturated rings. The number of thiocarbonyl (C=S) groups is 1. The Morgan fingerprint density at radius 3 is 2.41 bits per heavy atom. The van der Waals surface area contributed by atoms with Crippen molar-refractivity contribution in [2.24, 2.45) is 0 Å². The fourth-order valence-corrected chi connectivity index (χ4v) is 4.92. The van der Waals surface area contributed by atoms with Crippen molar-refractivity contribution >= 4 is 46.7 Å². The molecule has 1 unspecified atom stereocenters. The van der Waals surface area contributed by atoms with E-state index in [4.69, 9.17) is 28.6 Å². The first-order valence-electron chi connectivity index (χ1n) is 13.7. The maximum Gasteiger partial charge on any atom is 0.308 e. The summed E-state index contributed by atoms with van der Waals surface area (Å²) in [6.45, 7) is 3.38. The molecule has 1 aromatic carbocycles. The fourth-order valence-electron chi connectivity index (χ4n) is 4.36. The molecule has 0 spiro atoms. The zero-order chi connectivity index (χ0) is 26.9.